The fourth-order valence-corrected chi connectivity index (χ4v) is 1.55. The molecule has 0 bridgehead atoms. The minimum Gasteiger partial charge on any atom is -0.393 e. The summed E-state index contributed by atoms with van der Waals surface area (Å²) in [4.78, 5) is 13.0. The number of rotatable bonds is 5. The summed E-state index contributed by atoms with van der Waals surface area (Å²) in [6.07, 6.45) is 1.34. The number of aromatic nitrogens is 3. The Balaban J connectivity index is 2.01. The summed E-state index contributed by atoms with van der Waals surface area (Å²) < 4.78 is 12.8. The minimum atomic E-state index is -0.467. The van der Waals surface area contributed by atoms with Crippen molar-refractivity contribution in [1.29, 1.82) is 0 Å². The standard InChI is InChI=1S/C13H15FN4O2/c1-9(19)6-7-15-13(20)12-8-16-18(17-12)11-4-2-10(14)3-5-11/h2-5,8-9,19H,6-7H2,1H3,(H,15,20). The van der Waals surface area contributed by atoms with Gasteiger partial charge in [-0.3, -0.25) is 4.79 Å². The number of nitrogens with zero attached hydrogens (tertiary/aromatic N) is 3. The maximum atomic E-state index is 12.8. The van der Waals surface area contributed by atoms with Crippen molar-refractivity contribution in [3.05, 3.63) is 42.0 Å². The van der Waals surface area contributed by atoms with E-state index in [-0.39, 0.29) is 17.4 Å². The summed E-state index contributed by atoms with van der Waals surface area (Å²) in [5, 5.41) is 19.7. The number of carbonyl (C=O) groups is 1. The molecule has 0 aliphatic rings. The molecule has 20 heavy (non-hydrogen) atoms. The molecule has 106 valence electrons. The van der Waals surface area contributed by atoms with E-state index in [1.165, 1.54) is 35.3 Å². The lowest BCUT2D eigenvalue weighted by atomic mass is 10.3. The van der Waals surface area contributed by atoms with Gasteiger partial charge in [-0.25, -0.2) is 4.39 Å². The maximum absolute atomic E-state index is 12.8. The molecule has 0 radical (unpaired) electrons. The molecule has 1 atom stereocenters. The van der Waals surface area contributed by atoms with Gasteiger partial charge in [0, 0.05) is 6.54 Å². The molecular weight excluding hydrogens is 263 g/mol. The van der Waals surface area contributed by atoms with Crippen molar-refractivity contribution in [1.82, 2.24) is 20.3 Å². The van der Waals surface area contributed by atoms with Crippen molar-refractivity contribution in [3.8, 4) is 5.69 Å². The molecule has 2 aromatic rings. The molecule has 2 N–H and O–H groups in total. The van der Waals surface area contributed by atoms with Crippen LogP contribution in [0.5, 0.6) is 0 Å². The van der Waals surface area contributed by atoms with Crippen LogP contribution in [0.4, 0.5) is 4.39 Å². The van der Waals surface area contributed by atoms with Gasteiger partial charge in [-0.1, -0.05) is 0 Å². The van der Waals surface area contributed by atoms with E-state index in [9.17, 15) is 9.18 Å². The average Bonchev–Trinajstić information content (AvgIpc) is 2.88. The third-order valence-electron chi connectivity index (χ3n) is 2.63. The van der Waals surface area contributed by atoms with Crippen LogP contribution in [0.1, 0.15) is 23.8 Å². The third-order valence-corrected chi connectivity index (χ3v) is 2.63. The number of halogens is 1. The van der Waals surface area contributed by atoms with Crippen LogP contribution in [-0.2, 0) is 0 Å². The predicted molar refractivity (Wildman–Crippen MR) is 69.9 cm³/mol. The molecular formula is C13H15FN4O2. The lowest BCUT2D eigenvalue weighted by molar-refractivity contribution is 0.0940. The van der Waals surface area contributed by atoms with E-state index in [0.29, 0.717) is 18.7 Å². The van der Waals surface area contributed by atoms with Gasteiger partial charge in [0.15, 0.2) is 5.69 Å². The zero-order valence-electron chi connectivity index (χ0n) is 11.0. The molecule has 1 aromatic heterocycles. The molecule has 0 spiro atoms. The number of amides is 1. The van der Waals surface area contributed by atoms with Gasteiger partial charge in [0.05, 0.1) is 18.0 Å². The first-order valence-electron chi connectivity index (χ1n) is 6.21. The largest absolute Gasteiger partial charge is 0.393 e. The SMILES string of the molecule is CC(O)CCNC(=O)c1cnn(-c2ccc(F)cc2)n1. The van der Waals surface area contributed by atoms with Gasteiger partial charge in [0.25, 0.3) is 5.91 Å². The van der Waals surface area contributed by atoms with Gasteiger partial charge in [0.2, 0.25) is 0 Å². The Morgan fingerprint density at radius 3 is 2.80 bits per heavy atom. The summed E-state index contributed by atoms with van der Waals surface area (Å²) in [7, 11) is 0. The summed E-state index contributed by atoms with van der Waals surface area (Å²) in [5.74, 6) is -0.712. The second-order valence-electron chi connectivity index (χ2n) is 4.39. The van der Waals surface area contributed by atoms with Gasteiger partial charge in [-0.2, -0.15) is 9.90 Å². The Morgan fingerprint density at radius 2 is 2.15 bits per heavy atom. The Labute approximate surface area is 115 Å². The van der Waals surface area contributed by atoms with E-state index in [1.807, 2.05) is 0 Å². The van der Waals surface area contributed by atoms with Crippen molar-refractivity contribution in [2.75, 3.05) is 6.54 Å². The van der Waals surface area contributed by atoms with Crippen LogP contribution in [0, 0.1) is 5.82 Å². The van der Waals surface area contributed by atoms with E-state index in [4.69, 9.17) is 5.11 Å². The summed E-state index contributed by atoms with van der Waals surface area (Å²) in [5.41, 5.74) is 0.731. The fourth-order valence-electron chi connectivity index (χ4n) is 1.55. The highest BCUT2D eigenvalue weighted by Crippen LogP contribution is 2.06. The summed E-state index contributed by atoms with van der Waals surface area (Å²) in [6.45, 7) is 2.01. The number of carbonyl (C=O) groups excluding carboxylic acids is 1. The van der Waals surface area contributed by atoms with Crippen molar-refractivity contribution in [2.45, 2.75) is 19.4 Å². The zero-order chi connectivity index (χ0) is 14.5. The Hall–Kier alpha value is -2.28. The highest BCUT2D eigenvalue weighted by molar-refractivity contribution is 5.91. The molecule has 0 saturated heterocycles. The fraction of sp³-hybridized carbons (Fsp3) is 0.308. The molecule has 2 rings (SSSR count). The topological polar surface area (TPSA) is 80.0 Å². The first-order chi connectivity index (χ1) is 9.56. The van der Waals surface area contributed by atoms with E-state index >= 15 is 0 Å². The molecule has 1 unspecified atom stereocenters. The molecule has 1 heterocycles. The molecule has 0 saturated carbocycles. The highest BCUT2D eigenvalue weighted by Gasteiger charge is 2.11. The van der Waals surface area contributed by atoms with Crippen LogP contribution >= 0.6 is 0 Å². The van der Waals surface area contributed by atoms with E-state index < -0.39 is 6.10 Å². The average molecular weight is 278 g/mol. The summed E-state index contributed by atoms with van der Waals surface area (Å²) in [6, 6.07) is 5.62. The second-order valence-corrected chi connectivity index (χ2v) is 4.39. The monoisotopic (exact) mass is 278 g/mol. The minimum absolute atomic E-state index is 0.167. The van der Waals surface area contributed by atoms with Gasteiger partial charge in [-0.05, 0) is 37.6 Å². The number of benzene rings is 1. The number of aliphatic hydroxyl groups excluding tert-OH is 1. The van der Waals surface area contributed by atoms with Gasteiger partial charge in [-0.15, -0.1) is 5.10 Å². The van der Waals surface area contributed by atoms with Crippen molar-refractivity contribution < 1.29 is 14.3 Å². The quantitative estimate of drug-likeness (QED) is 0.852. The van der Waals surface area contributed by atoms with Crippen LogP contribution in [0.2, 0.25) is 0 Å². The van der Waals surface area contributed by atoms with Crippen LogP contribution in [0.3, 0.4) is 0 Å². The van der Waals surface area contributed by atoms with Crippen LogP contribution in [0.25, 0.3) is 5.69 Å². The van der Waals surface area contributed by atoms with Gasteiger partial charge in [0.1, 0.15) is 5.82 Å². The normalized spacial score (nSPS) is 12.2. The van der Waals surface area contributed by atoms with Crippen LogP contribution < -0.4 is 5.32 Å². The van der Waals surface area contributed by atoms with E-state index in [0.717, 1.165) is 0 Å². The van der Waals surface area contributed by atoms with Crippen molar-refractivity contribution in [3.63, 3.8) is 0 Å². The van der Waals surface area contributed by atoms with Gasteiger partial charge < -0.3 is 10.4 Å². The van der Waals surface area contributed by atoms with Crippen molar-refractivity contribution in [2.24, 2.45) is 0 Å². The van der Waals surface area contributed by atoms with E-state index in [1.54, 1.807) is 6.92 Å². The second kappa shape index (κ2) is 6.25. The molecule has 1 amide bonds. The molecule has 7 heteroatoms. The number of hydrogen-bond acceptors (Lipinski definition) is 4. The highest BCUT2D eigenvalue weighted by atomic mass is 19.1. The zero-order valence-corrected chi connectivity index (χ0v) is 11.0. The molecule has 6 nitrogen and oxygen atoms in total. The number of aliphatic hydroxyl groups is 1. The lowest BCUT2D eigenvalue weighted by Crippen LogP contribution is -2.27. The summed E-state index contributed by atoms with van der Waals surface area (Å²) >= 11 is 0. The molecule has 0 fully saturated rings. The van der Waals surface area contributed by atoms with Crippen LogP contribution in [-0.4, -0.2) is 38.7 Å². The smallest absolute Gasteiger partial charge is 0.273 e. The Kier molecular flexibility index (Phi) is 4.41. The first-order valence-corrected chi connectivity index (χ1v) is 6.21. The lowest BCUT2D eigenvalue weighted by Gasteiger charge is -2.04. The third kappa shape index (κ3) is 3.61. The molecule has 0 aliphatic heterocycles. The van der Waals surface area contributed by atoms with Crippen LogP contribution in [0.15, 0.2) is 30.5 Å². The molecule has 0 aliphatic carbocycles. The Bertz CT molecular complexity index is 580. The predicted octanol–water partition coefficient (Wildman–Crippen LogP) is 0.907. The molecule has 1 aromatic carbocycles. The first kappa shape index (κ1) is 14.1. The Morgan fingerprint density at radius 1 is 1.45 bits per heavy atom. The van der Waals surface area contributed by atoms with Gasteiger partial charge >= 0.3 is 0 Å². The maximum Gasteiger partial charge on any atom is 0.273 e. The van der Waals surface area contributed by atoms with Crippen molar-refractivity contribution >= 4 is 5.91 Å². The van der Waals surface area contributed by atoms with E-state index in [2.05, 4.69) is 15.5 Å². The number of hydrogen-bond donors (Lipinski definition) is 2. The number of nitrogens with one attached hydrogen (secondary N) is 1.